The Morgan fingerprint density at radius 1 is 1.21 bits per heavy atom. The molecule has 1 aromatic rings. The van der Waals surface area contributed by atoms with E-state index in [2.05, 4.69) is 0 Å². The van der Waals surface area contributed by atoms with Crippen molar-refractivity contribution in [3.8, 4) is 0 Å². The summed E-state index contributed by atoms with van der Waals surface area (Å²) < 4.78 is 26.5. The number of halogens is 1. The molecule has 0 heterocycles. The first kappa shape index (κ1) is 16.4. The van der Waals surface area contributed by atoms with Crippen molar-refractivity contribution in [3.63, 3.8) is 0 Å². The highest BCUT2D eigenvalue weighted by molar-refractivity contribution is 7.89. The number of hydrogen-bond acceptors (Lipinski definition) is 3. The number of hydrogen-bond donors (Lipinski definition) is 1. The van der Waals surface area contributed by atoms with E-state index in [0.717, 1.165) is 12.8 Å². The van der Waals surface area contributed by atoms with E-state index in [1.807, 2.05) is 13.8 Å². The summed E-state index contributed by atoms with van der Waals surface area (Å²) in [4.78, 5) is 0.183. The van der Waals surface area contributed by atoms with E-state index < -0.39 is 10.0 Å². The maximum atomic E-state index is 12.5. The molecule has 19 heavy (non-hydrogen) atoms. The van der Waals surface area contributed by atoms with E-state index in [1.54, 1.807) is 0 Å². The Labute approximate surface area is 120 Å². The molecule has 0 saturated carbocycles. The molecule has 0 aliphatic heterocycles. The lowest BCUT2D eigenvalue weighted by Crippen LogP contribution is -2.32. The lowest BCUT2D eigenvalue weighted by atomic mass is 10.2. The van der Waals surface area contributed by atoms with Crippen molar-refractivity contribution in [2.24, 2.45) is 0 Å². The minimum atomic E-state index is -3.51. The van der Waals surface area contributed by atoms with Crippen LogP contribution in [0.1, 0.15) is 32.3 Å². The first-order valence-electron chi connectivity index (χ1n) is 6.36. The van der Waals surface area contributed by atoms with Crippen molar-refractivity contribution < 1.29 is 13.5 Å². The second-order valence-electron chi connectivity index (χ2n) is 4.32. The van der Waals surface area contributed by atoms with Crippen molar-refractivity contribution >= 4 is 21.6 Å². The third-order valence-corrected chi connectivity index (χ3v) is 5.03. The van der Waals surface area contributed by atoms with Gasteiger partial charge in [-0.15, -0.1) is 0 Å². The largest absolute Gasteiger partial charge is 0.392 e. The molecule has 1 N–H and O–H groups in total. The van der Waals surface area contributed by atoms with Gasteiger partial charge in [0.15, 0.2) is 0 Å². The molecule has 0 spiro atoms. The number of nitrogens with zero attached hydrogens (tertiary/aromatic N) is 1. The summed E-state index contributed by atoms with van der Waals surface area (Å²) in [5, 5.41) is 9.54. The molecule has 0 aromatic heterocycles. The fraction of sp³-hybridized carbons (Fsp3) is 0.538. The van der Waals surface area contributed by atoms with Crippen molar-refractivity contribution in [2.75, 3.05) is 13.1 Å². The van der Waals surface area contributed by atoms with E-state index in [0.29, 0.717) is 23.7 Å². The van der Waals surface area contributed by atoms with Crippen molar-refractivity contribution in [1.29, 1.82) is 0 Å². The van der Waals surface area contributed by atoms with Crippen LogP contribution in [0.3, 0.4) is 0 Å². The van der Waals surface area contributed by atoms with Crippen LogP contribution < -0.4 is 0 Å². The molecule has 0 saturated heterocycles. The lowest BCUT2D eigenvalue weighted by Gasteiger charge is -2.21. The molecular weight excluding hydrogens is 286 g/mol. The SMILES string of the molecule is CCCN(CCC)S(=O)(=O)c1ccc(Cl)c(CO)c1. The van der Waals surface area contributed by atoms with Gasteiger partial charge in [0.05, 0.1) is 11.5 Å². The van der Waals surface area contributed by atoms with Gasteiger partial charge in [0, 0.05) is 18.1 Å². The van der Waals surface area contributed by atoms with E-state index in [9.17, 15) is 8.42 Å². The molecular formula is C13H20ClNO3S. The molecule has 0 radical (unpaired) electrons. The predicted octanol–water partition coefficient (Wildman–Crippen LogP) is 2.64. The van der Waals surface area contributed by atoms with Gasteiger partial charge in [-0.1, -0.05) is 25.4 Å². The number of aliphatic hydroxyl groups excluding tert-OH is 1. The van der Waals surface area contributed by atoms with Crippen LogP contribution in [0, 0.1) is 0 Å². The smallest absolute Gasteiger partial charge is 0.243 e. The number of aliphatic hydroxyl groups is 1. The fourth-order valence-electron chi connectivity index (χ4n) is 1.83. The maximum absolute atomic E-state index is 12.5. The first-order chi connectivity index (χ1) is 8.97. The molecule has 6 heteroatoms. The summed E-state index contributed by atoms with van der Waals surface area (Å²) in [6, 6.07) is 4.43. The minimum absolute atomic E-state index is 0.183. The van der Waals surface area contributed by atoms with Crippen LogP contribution in [0.25, 0.3) is 0 Å². The second kappa shape index (κ2) is 7.24. The van der Waals surface area contributed by atoms with Crippen molar-refractivity contribution in [1.82, 2.24) is 4.31 Å². The number of sulfonamides is 1. The van der Waals surface area contributed by atoms with Crippen LogP contribution in [0.5, 0.6) is 0 Å². The Balaban J connectivity index is 3.17. The molecule has 0 unspecified atom stereocenters. The number of rotatable bonds is 7. The molecule has 0 amide bonds. The minimum Gasteiger partial charge on any atom is -0.392 e. The predicted molar refractivity (Wildman–Crippen MR) is 76.7 cm³/mol. The maximum Gasteiger partial charge on any atom is 0.243 e. The third kappa shape index (κ3) is 3.92. The zero-order valence-electron chi connectivity index (χ0n) is 11.3. The Bertz CT molecular complexity index is 511. The standard InChI is InChI=1S/C13H20ClNO3S/c1-3-7-15(8-4-2)19(17,18)12-5-6-13(14)11(9-12)10-16/h5-6,9,16H,3-4,7-8,10H2,1-2H3. The van der Waals surface area contributed by atoms with Gasteiger partial charge in [-0.05, 0) is 36.6 Å². The quantitative estimate of drug-likeness (QED) is 0.842. The summed E-state index contributed by atoms with van der Waals surface area (Å²) in [6.07, 6.45) is 1.53. The van der Waals surface area contributed by atoms with E-state index in [-0.39, 0.29) is 11.5 Å². The highest BCUT2D eigenvalue weighted by Crippen LogP contribution is 2.23. The molecule has 1 aromatic carbocycles. The van der Waals surface area contributed by atoms with Gasteiger partial charge in [-0.3, -0.25) is 0 Å². The fourth-order valence-corrected chi connectivity index (χ4v) is 3.69. The van der Waals surface area contributed by atoms with E-state index >= 15 is 0 Å². The van der Waals surface area contributed by atoms with Gasteiger partial charge in [0.1, 0.15) is 0 Å². The highest BCUT2D eigenvalue weighted by atomic mass is 35.5. The van der Waals surface area contributed by atoms with Gasteiger partial charge < -0.3 is 5.11 Å². The van der Waals surface area contributed by atoms with Crippen LogP contribution >= 0.6 is 11.6 Å². The Kier molecular flexibility index (Phi) is 6.26. The van der Waals surface area contributed by atoms with Crippen LogP contribution in [-0.4, -0.2) is 30.9 Å². The molecule has 0 atom stereocenters. The zero-order valence-corrected chi connectivity index (χ0v) is 12.8. The molecule has 1 rings (SSSR count). The Morgan fingerprint density at radius 2 is 1.79 bits per heavy atom. The van der Waals surface area contributed by atoms with Gasteiger partial charge in [0.25, 0.3) is 0 Å². The summed E-state index contributed by atoms with van der Waals surface area (Å²) in [6.45, 7) is 4.60. The molecule has 0 aliphatic rings. The average molecular weight is 306 g/mol. The third-order valence-electron chi connectivity index (χ3n) is 2.77. The molecule has 0 fully saturated rings. The highest BCUT2D eigenvalue weighted by Gasteiger charge is 2.23. The van der Waals surface area contributed by atoms with Crippen molar-refractivity contribution in [3.05, 3.63) is 28.8 Å². The van der Waals surface area contributed by atoms with E-state index in [1.165, 1.54) is 22.5 Å². The molecule has 0 aliphatic carbocycles. The summed E-state index contributed by atoms with van der Waals surface area (Å²) >= 11 is 5.88. The first-order valence-corrected chi connectivity index (χ1v) is 8.18. The summed E-state index contributed by atoms with van der Waals surface area (Å²) in [5.41, 5.74) is 0.427. The average Bonchev–Trinajstić information content (AvgIpc) is 2.38. The molecule has 0 bridgehead atoms. The normalized spacial score (nSPS) is 12.1. The van der Waals surface area contributed by atoms with Gasteiger partial charge in [0.2, 0.25) is 10.0 Å². The number of benzene rings is 1. The van der Waals surface area contributed by atoms with Gasteiger partial charge in [-0.2, -0.15) is 4.31 Å². The lowest BCUT2D eigenvalue weighted by molar-refractivity contribution is 0.281. The molecule has 4 nitrogen and oxygen atoms in total. The molecule has 108 valence electrons. The second-order valence-corrected chi connectivity index (χ2v) is 6.66. The zero-order chi connectivity index (χ0) is 14.5. The van der Waals surface area contributed by atoms with Crippen LogP contribution in [0.2, 0.25) is 5.02 Å². The van der Waals surface area contributed by atoms with Gasteiger partial charge in [-0.25, -0.2) is 8.42 Å². The Morgan fingerprint density at radius 3 is 2.26 bits per heavy atom. The Hall–Kier alpha value is -0.620. The van der Waals surface area contributed by atoms with E-state index in [4.69, 9.17) is 16.7 Å². The van der Waals surface area contributed by atoms with Gasteiger partial charge >= 0.3 is 0 Å². The topological polar surface area (TPSA) is 57.6 Å². The van der Waals surface area contributed by atoms with Crippen molar-refractivity contribution in [2.45, 2.75) is 38.2 Å². The summed E-state index contributed by atoms with van der Waals surface area (Å²) in [7, 11) is -3.51. The summed E-state index contributed by atoms with van der Waals surface area (Å²) in [5.74, 6) is 0. The van der Waals surface area contributed by atoms with Crippen LogP contribution in [0.4, 0.5) is 0 Å². The van der Waals surface area contributed by atoms with Crippen LogP contribution in [0.15, 0.2) is 23.1 Å². The monoisotopic (exact) mass is 305 g/mol. The van der Waals surface area contributed by atoms with Crippen LogP contribution in [-0.2, 0) is 16.6 Å².